The molecule has 3 aromatic carbocycles. The monoisotopic (exact) mass is 444 g/mol. The van der Waals surface area contributed by atoms with E-state index >= 15 is 0 Å². The second-order valence-electron chi connectivity index (χ2n) is 7.67. The van der Waals surface area contributed by atoms with Gasteiger partial charge in [-0.05, 0) is 79.9 Å². The average molecular weight is 445 g/mol. The number of nitrogens with one attached hydrogen (secondary N) is 1. The van der Waals surface area contributed by atoms with Crippen LogP contribution in [-0.2, 0) is 11.4 Å². The summed E-state index contributed by atoms with van der Waals surface area (Å²) in [5.74, 6) is 1.10. The second kappa shape index (κ2) is 11.8. The van der Waals surface area contributed by atoms with Crippen molar-refractivity contribution in [2.24, 2.45) is 0 Å². The summed E-state index contributed by atoms with van der Waals surface area (Å²) in [7, 11) is 1.61. The molecule has 172 valence electrons. The van der Waals surface area contributed by atoms with Gasteiger partial charge in [0.15, 0.2) is 11.5 Å². The molecule has 5 heteroatoms. The van der Waals surface area contributed by atoms with Gasteiger partial charge in [-0.2, -0.15) is 0 Å². The molecular formula is C28H32N2O3. The standard InChI is InChI=1S/C28H32N2O3/c1-5-30(6-2)25-15-13-24(14-16-25)29-28(31)18-12-22-11-17-26(27(19-22)32-4)33-20-23-10-8-7-9-21(23)3/h7-19H,5-6,20H2,1-4H3,(H,29,31). The van der Waals surface area contributed by atoms with Crippen molar-refractivity contribution >= 4 is 23.4 Å². The Bertz CT molecular complexity index is 1090. The minimum absolute atomic E-state index is 0.190. The van der Waals surface area contributed by atoms with Crippen molar-refractivity contribution in [2.75, 3.05) is 30.4 Å². The van der Waals surface area contributed by atoms with E-state index in [1.54, 1.807) is 13.2 Å². The van der Waals surface area contributed by atoms with Crippen LogP contribution in [0.15, 0.2) is 72.8 Å². The molecular weight excluding hydrogens is 412 g/mol. The molecule has 0 unspecified atom stereocenters. The molecule has 0 bridgehead atoms. The van der Waals surface area contributed by atoms with Crippen LogP contribution in [0.3, 0.4) is 0 Å². The Morgan fingerprint density at radius 2 is 1.70 bits per heavy atom. The zero-order valence-corrected chi connectivity index (χ0v) is 19.8. The van der Waals surface area contributed by atoms with Crippen molar-refractivity contribution < 1.29 is 14.3 Å². The number of hydrogen-bond donors (Lipinski definition) is 1. The summed E-state index contributed by atoms with van der Waals surface area (Å²) in [6.45, 7) is 8.68. The first-order valence-corrected chi connectivity index (χ1v) is 11.2. The first-order valence-electron chi connectivity index (χ1n) is 11.2. The second-order valence-corrected chi connectivity index (χ2v) is 7.67. The molecule has 0 aromatic heterocycles. The molecule has 0 saturated heterocycles. The van der Waals surface area contributed by atoms with E-state index < -0.39 is 0 Å². The summed E-state index contributed by atoms with van der Waals surface area (Å²) < 4.78 is 11.5. The number of ether oxygens (including phenoxy) is 2. The molecule has 0 fully saturated rings. The van der Waals surface area contributed by atoms with Crippen molar-refractivity contribution in [1.29, 1.82) is 0 Å². The molecule has 0 atom stereocenters. The van der Waals surface area contributed by atoms with Crippen LogP contribution >= 0.6 is 0 Å². The van der Waals surface area contributed by atoms with E-state index in [1.165, 1.54) is 11.6 Å². The van der Waals surface area contributed by atoms with Crippen LogP contribution in [0, 0.1) is 6.92 Å². The predicted octanol–water partition coefficient (Wildman–Crippen LogP) is 6.08. The number of benzene rings is 3. The molecule has 1 amide bonds. The fourth-order valence-corrected chi connectivity index (χ4v) is 3.53. The van der Waals surface area contributed by atoms with Crippen LogP contribution in [0.25, 0.3) is 6.08 Å². The molecule has 0 spiro atoms. The third kappa shape index (κ3) is 6.62. The molecule has 0 radical (unpaired) electrons. The minimum Gasteiger partial charge on any atom is -0.493 e. The lowest BCUT2D eigenvalue weighted by molar-refractivity contribution is -0.111. The summed E-state index contributed by atoms with van der Waals surface area (Å²) in [5, 5.41) is 2.90. The Balaban J connectivity index is 1.61. The molecule has 0 aliphatic rings. The van der Waals surface area contributed by atoms with Crippen LogP contribution in [0.2, 0.25) is 0 Å². The largest absolute Gasteiger partial charge is 0.493 e. The summed E-state index contributed by atoms with van der Waals surface area (Å²) >= 11 is 0. The number of rotatable bonds is 10. The molecule has 0 heterocycles. The van der Waals surface area contributed by atoms with E-state index in [1.807, 2.05) is 54.6 Å². The van der Waals surface area contributed by atoms with Gasteiger partial charge in [0.25, 0.3) is 0 Å². The predicted molar refractivity (Wildman–Crippen MR) is 136 cm³/mol. The third-order valence-corrected chi connectivity index (χ3v) is 5.52. The van der Waals surface area contributed by atoms with Gasteiger partial charge in [-0.25, -0.2) is 0 Å². The number of nitrogens with zero attached hydrogens (tertiary/aromatic N) is 1. The number of methoxy groups -OCH3 is 1. The van der Waals surface area contributed by atoms with Crippen molar-refractivity contribution in [3.63, 3.8) is 0 Å². The SMILES string of the molecule is CCN(CC)c1ccc(NC(=O)C=Cc2ccc(OCc3ccccc3C)c(OC)c2)cc1. The van der Waals surface area contributed by atoms with Gasteiger partial charge in [0.05, 0.1) is 7.11 Å². The number of anilines is 2. The third-order valence-electron chi connectivity index (χ3n) is 5.52. The van der Waals surface area contributed by atoms with Crippen LogP contribution in [0.1, 0.15) is 30.5 Å². The highest BCUT2D eigenvalue weighted by Crippen LogP contribution is 2.29. The van der Waals surface area contributed by atoms with E-state index in [-0.39, 0.29) is 5.91 Å². The minimum atomic E-state index is -0.190. The highest BCUT2D eigenvalue weighted by atomic mass is 16.5. The first-order chi connectivity index (χ1) is 16.0. The van der Waals surface area contributed by atoms with Crippen LogP contribution in [-0.4, -0.2) is 26.1 Å². The van der Waals surface area contributed by atoms with Crippen molar-refractivity contribution in [2.45, 2.75) is 27.4 Å². The molecule has 3 rings (SSSR count). The zero-order chi connectivity index (χ0) is 23.6. The van der Waals surface area contributed by atoms with E-state index in [0.717, 1.165) is 35.6 Å². The molecule has 0 saturated carbocycles. The summed E-state index contributed by atoms with van der Waals surface area (Å²) in [6.07, 6.45) is 3.27. The fourth-order valence-electron chi connectivity index (χ4n) is 3.53. The number of carbonyl (C=O) groups excluding carboxylic acids is 1. The lowest BCUT2D eigenvalue weighted by atomic mass is 10.1. The van der Waals surface area contributed by atoms with Crippen molar-refractivity contribution in [1.82, 2.24) is 0 Å². The van der Waals surface area contributed by atoms with Gasteiger partial charge in [0.1, 0.15) is 6.61 Å². The Morgan fingerprint density at radius 3 is 2.36 bits per heavy atom. The highest BCUT2D eigenvalue weighted by molar-refractivity contribution is 6.02. The Labute approximate surface area is 196 Å². The van der Waals surface area contributed by atoms with E-state index in [4.69, 9.17) is 9.47 Å². The number of aryl methyl sites for hydroxylation is 1. The topological polar surface area (TPSA) is 50.8 Å². The lowest BCUT2D eigenvalue weighted by Gasteiger charge is -2.21. The van der Waals surface area contributed by atoms with Crippen LogP contribution < -0.4 is 19.7 Å². The van der Waals surface area contributed by atoms with Gasteiger partial charge in [0.2, 0.25) is 5.91 Å². The van der Waals surface area contributed by atoms with Gasteiger partial charge < -0.3 is 19.7 Å². The molecule has 33 heavy (non-hydrogen) atoms. The lowest BCUT2D eigenvalue weighted by Crippen LogP contribution is -2.21. The maximum atomic E-state index is 12.4. The molecule has 0 aliphatic heterocycles. The van der Waals surface area contributed by atoms with Gasteiger partial charge in [0, 0.05) is 30.5 Å². The molecule has 0 aliphatic carbocycles. The Morgan fingerprint density at radius 1 is 0.970 bits per heavy atom. The smallest absolute Gasteiger partial charge is 0.248 e. The summed E-state index contributed by atoms with van der Waals surface area (Å²) in [5.41, 5.74) is 5.07. The molecule has 3 aromatic rings. The van der Waals surface area contributed by atoms with Crippen molar-refractivity contribution in [3.8, 4) is 11.5 Å². The van der Waals surface area contributed by atoms with Gasteiger partial charge in [-0.1, -0.05) is 30.3 Å². The van der Waals surface area contributed by atoms with Crippen LogP contribution in [0.4, 0.5) is 11.4 Å². The average Bonchev–Trinajstić information content (AvgIpc) is 2.84. The van der Waals surface area contributed by atoms with Gasteiger partial charge >= 0.3 is 0 Å². The Kier molecular flexibility index (Phi) is 8.53. The normalized spacial score (nSPS) is 10.8. The fraction of sp³-hybridized carbons (Fsp3) is 0.250. The van der Waals surface area contributed by atoms with Gasteiger partial charge in [-0.15, -0.1) is 0 Å². The van der Waals surface area contributed by atoms with E-state index in [2.05, 4.69) is 43.1 Å². The van der Waals surface area contributed by atoms with Crippen LogP contribution in [0.5, 0.6) is 11.5 Å². The summed E-state index contributed by atoms with van der Waals surface area (Å²) in [4.78, 5) is 14.6. The highest BCUT2D eigenvalue weighted by Gasteiger charge is 2.07. The molecule has 1 N–H and O–H groups in total. The van der Waals surface area contributed by atoms with Crippen molar-refractivity contribution in [3.05, 3.63) is 89.5 Å². The zero-order valence-electron chi connectivity index (χ0n) is 19.8. The van der Waals surface area contributed by atoms with Gasteiger partial charge in [-0.3, -0.25) is 4.79 Å². The van der Waals surface area contributed by atoms with E-state index in [9.17, 15) is 4.79 Å². The quantitative estimate of drug-likeness (QED) is 0.385. The number of carbonyl (C=O) groups is 1. The number of amides is 1. The Hall–Kier alpha value is -3.73. The maximum absolute atomic E-state index is 12.4. The van der Waals surface area contributed by atoms with E-state index in [0.29, 0.717) is 18.1 Å². The first kappa shape index (κ1) is 23.9. The summed E-state index contributed by atoms with van der Waals surface area (Å²) in [6, 6.07) is 21.6. The number of hydrogen-bond acceptors (Lipinski definition) is 4. The maximum Gasteiger partial charge on any atom is 0.248 e. The molecule has 5 nitrogen and oxygen atoms in total.